The average Bonchev–Trinajstić information content (AvgIpc) is 2.72. The summed E-state index contributed by atoms with van der Waals surface area (Å²) in [7, 11) is 1.26. The highest BCUT2D eigenvalue weighted by molar-refractivity contribution is 6.12. The summed E-state index contributed by atoms with van der Waals surface area (Å²) >= 11 is 0. The lowest BCUT2D eigenvalue weighted by Crippen LogP contribution is -2.09. The normalized spacial score (nSPS) is 10.3. The molecule has 0 fully saturated rings. The summed E-state index contributed by atoms with van der Waals surface area (Å²) in [5.41, 5.74) is 1.10. The molecule has 1 N–H and O–H groups in total. The van der Waals surface area contributed by atoms with Crippen LogP contribution >= 0.6 is 0 Å². The van der Waals surface area contributed by atoms with Crippen molar-refractivity contribution in [1.82, 2.24) is 9.97 Å². The predicted molar refractivity (Wildman–Crippen MR) is 57.1 cm³/mol. The fourth-order valence-corrected chi connectivity index (χ4v) is 1.49. The number of nitrogens with zero attached hydrogens (tertiary/aromatic N) is 1. The third-order valence-electron chi connectivity index (χ3n) is 2.28. The van der Waals surface area contributed by atoms with E-state index in [1.54, 1.807) is 24.5 Å². The Morgan fingerprint density at radius 3 is 3.06 bits per heavy atom. The zero-order chi connectivity index (χ0) is 11.5. The number of ketones is 1. The first kappa shape index (κ1) is 10.4. The fraction of sp³-hybridized carbons (Fsp3) is 0.182. The van der Waals surface area contributed by atoms with Crippen LogP contribution in [0.5, 0.6) is 0 Å². The molecule has 0 aliphatic rings. The van der Waals surface area contributed by atoms with E-state index in [-0.39, 0.29) is 12.2 Å². The summed E-state index contributed by atoms with van der Waals surface area (Å²) in [6.07, 6.45) is 2.94. The number of H-pyrrole nitrogens is 1. The Bertz CT molecular complexity index is 545. The van der Waals surface area contributed by atoms with E-state index in [1.165, 1.54) is 7.11 Å². The molecular weight excluding hydrogens is 208 g/mol. The zero-order valence-electron chi connectivity index (χ0n) is 8.69. The predicted octanol–water partition coefficient (Wildman–Crippen LogP) is 1.31. The molecule has 0 unspecified atom stereocenters. The SMILES string of the molecule is COC(=O)CC(=O)c1c[nH]c2ncccc12. The number of esters is 1. The lowest BCUT2D eigenvalue weighted by molar-refractivity contribution is -0.139. The largest absolute Gasteiger partial charge is 0.469 e. The minimum Gasteiger partial charge on any atom is -0.469 e. The van der Waals surface area contributed by atoms with Crippen molar-refractivity contribution in [2.75, 3.05) is 7.11 Å². The molecule has 16 heavy (non-hydrogen) atoms. The smallest absolute Gasteiger partial charge is 0.313 e. The van der Waals surface area contributed by atoms with E-state index in [4.69, 9.17) is 0 Å². The Hall–Kier alpha value is -2.17. The van der Waals surface area contributed by atoms with Crippen LogP contribution in [0, 0.1) is 0 Å². The molecule has 0 spiro atoms. The minimum atomic E-state index is -0.539. The van der Waals surface area contributed by atoms with Crippen molar-refractivity contribution in [3.05, 3.63) is 30.1 Å². The minimum absolute atomic E-state index is 0.252. The van der Waals surface area contributed by atoms with Gasteiger partial charge in [0.1, 0.15) is 12.1 Å². The lowest BCUT2D eigenvalue weighted by Gasteiger charge is -1.97. The summed E-state index contributed by atoms with van der Waals surface area (Å²) in [6, 6.07) is 3.52. The van der Waals surface area contributed by atoms with Crippen molar-refractivity contribution in [1.29, 1.82) is 0 Å². The number of ether oxygens (including phenoxy) is 1. The Labute approximate surface area is 91.4 Å². The second-order valence-electron chi connectivity index (χ2n) is 3.28. The maximum atomic E-state index is 11.7. The number of carbonyl (C=O) groups is 2. The molecule has 0 radical (unpaired) electrons. The molecule has 2 aromatic heterocycles. The van der Waals surface area contributed by atoms with Crippen molar-refractivity contribution in [2.45, 2.75) is 6.42 Å². The van der Waals surface area contributed by atoms with Crippen molar-refractivity contribution < 1.29 is 14.3 Å². The summed E-state index contributed by atoms with van der Waals surface area (Å²) in [5.74, 6) is -0.811. The summed E-state index contributed by atoms with van der Waals surface area (Å²) in [5, 5.41) is 0.719. The highest BCUT2D eigenvalue weighted by Gasteiger charge is 2.15. The zero-order valence-corrected chi connectivity index (χ0v) is 8.69. The second kappa shape index (κ2) is 4.14. The monoisotopic (exact) mass is 218 g/mol. The molecular formula is C11H10N2O3. The molecule has 0 amide bonds. The number of carbonyl (C=O) groups excluding carboxylic acids is 2. The summed E-state index contributed by atoms with van der Waals surface area (Å²) in [6.45, 7) is 0. The number of aromatic nitrogens is 2. The number of pyridine rings is 1. The molecule has 0 aliphatic heterocycles. The van der Waals surface area contributed by atoms with Gasteiger partial charge in [0, 0.05) is 23.3 Å². The molecule has 82 valence electrons. The van der Waals surface area contributed by atoms with Crippen molar-refractivity contribution in [2.24, 2.45) is 0 Å². The number of fused-ring (bicyclic) bond motifs is 1. The van der Waals surface area contributed by atoms with E-state index in [9.17, 15) is 9.59 Å². The van der Waals surface area contributed by atoms with Crippen molar-refractivity contribution >= 4 is 22.8 Å². The van der Waals surface area contributed by atoms with Gasteiger partial charge in [-0.05, 0) is 12.1 Å². The molecule has 5 heteroatoms. The molecule has 0 aromatic carbocycles. The standard InChI is InChI=1S/C11H10N2O3/c1-16-10(15)5-9(14)8-6-13-11-7(8)3-2-4-12-11/h2-4,6H,5H2,1H3,(H,12,13). The Balaban J connectivity index is 2.33. The molecule has 2 heterocycles. The van der Waals surface area contributed by atoms with E-state index in [0.29, 0.717) is 11.2 Å². The number of rotatable bonds is 3. The number of aromatic amines is 1. The molecule has 0 bridgehead atoms. The average molecular weight is 218 g/mol. The highest BCUT2D eigenvalue weighted by Crippen LogP contribution is 2.17. The Kier molecular flexibility index (Phi) is 2.68. The number of methoxy groups -OCH3 is 1. The lowest BCUT2D eigenvalue weighted by atomic mass is 10.1. The highest BCUT2D eigenvalue weighted by atomic mass is 16.5. The van der Waals surface area contributed by atoms with Crippen LogP contribution in [0.25, 0.3) is 11.0 Å². The van der Waals surface area contributed by atoms with E-state index in [1.807, 2.05) is 0 Å². The van der Waals surface area contributed by atoms with Crippen LogP contribution in [-0.4, -0.2) is 28.8 Å². The van der Waals surface area contributed by atoms with Crippen molar-refractivity contribution in [3.63, 3.8) is 0 Å². The first-order valence-corrected chi connectivity index (χ1v) is 4.74. The molecule has 0 saturated carbocycles. The van der Waals surface area contributed by atoms with E-state index < -0.39 is 5.97 Å². The maximum Gasteiger partial charge on any atom is 0.313 e. The summed E-state index contributed by atoms with van der Waals surface area (Å²) in [4.78, 5) is 29.7. The van der Waals surface area contributed by atoms with Gasteiger partial charge in [0.25, 0.3) is 0 Å². The van der Waals surface area contributed by atoms with Crippen LogP contribution < -0.4 is 0 Å². The molecule has 0 atom stereocenters. The van der Waals surface area contributed by atoms with Gasteiger partial charge in [-0.2, -0.15) is 0 Å². The van der Waals surface area contributed by atoms with E-state index in [2.05, 4.69) is 14.7 Å². The van der Waals surface area contributed by atoms with Gasteiger partial charge in [-0.25, -0.2) is 4.98 Å². The Morgan fingerprint density at radius 1 is 1.50 bits per heavy atom. The number of hydrogen-bond acceptors (Lipinski definition) is 4. The van der Waals surface area contributed by atoms with Crippen LogP contribution in [-0.2, 0) is 9.53 Å². The van der Waals surface area contributed by atoms with Gasteiger partial charge in [-0.15, -0.1) is 0 Å². The van der Waals surface area contributed by atoms with Gasteiger partial charge < -0.3 is 9.72 Å². The first-order valence-electron chi connectivity index (χ1n) is 4.74. The van der Waals surface area contributed by atoms with Gasteiger partial charge in [0.15, 0.2) is 5.78 Å². The van der Waals surface area contributed by atoms with Crippen LogP contribution in [0.2, 0.25) is 0 Å². The number of Topliss-reactive ketones (excluding diaryl/α,β-unsaturated/α-hetero) is 1. The first-order chi connectivity index (χ1) is 7.72. The van der Waals surface area contributed by atoms with Gasteiger partial charge in [-0.1, -0.05) is 0 Å². The fourth-order valence-electron chi connectivity index (χ4n) is 1.49. The number of nitrogens with one attached hydrogen (secondary N) is 1. The second-order valence-corrected chi connectivity index (χ2v) is 3.28. The molecule has 0 saturated heterocycles. The maximum absolute atomic E-state index is 11.7. The van der Waals surface area contributed by atoms with Crippen molar-refractivity contribution in [3.8, 4) is 0 Å². The third kappa shape index (κ3) is 1.79. The topological polar surface area (TPSA) is 72.1 Å². The molecule has 0 aliphatic carbocycles. The number of hydrogen-bond donors (Lipinski definition) is 1. The Morgan fingerprint density at radius 2 is 2.31 bits per heavy atom. The molecule has 2 rings (SSSR count). The van der Waals surface area contributed by atoms with Crippen LogP contribution in [0.4, 0.5) is 0 Å². The van der Waals surface area contributed by atoms with Gasteiger partial charge >= 0.3 is 5.97 Å². The molecule has 2 aromatic rings. The van der Waals surface area contributed by atoms with Crippen LogP contribution in [0.1, 0.15) is 16.8 Å². The van der Waals surface area contributed by atoms with E-state index in [0.717, 1.165) is 5.39 Å². The third-order valence-corrected chi connectivity index (χ3v) is 2.28. The van der Waals surface area contributed by atoms with Crippen LogP contribution in [0.15, 0.2) is 24.5 Å². The summed E-state index contributed by atoms with van der Waals surface area (Å²) < 4.78 is 4.45. The van der Waals surface area contributed by atoms with Crippen LogP contribution in [0.3, 0.4) is 0 Å². The quantitative estimate of drug-likeness (QED) is 0.479. The van der Waals surface area contributed by atoms with E-state index >= 15 is 0 Å². The molecule has 5 nitrogen and oxygen atoms in total. The van der Waals surface area contributed by atoms with Gasteiger partial charge in [0.2, 0.25) is 0 Å². The van der Waals surface area contributed by atoms with Gasteiger partial charge in [-0.3, -0.25) is 9.59 Å². The van der Waals surface area contributed by atoms with Gasteiger partial charge in [0.05, 0.1) is 7.11 Å².